The summed E-state index contributed by atoms with van der Waals surface area (Å²) in [5.74, 6) is 0.765. The summed E-state index contributed by atoms with van der Waals surface area (Å²) >= 11 is 0. The molecule has 0 amide bonds. The normalized spacial score (nSPS) is 12.1. The van der Waals surface area contributed by atoms with Gasteiger partial charge in [-0.3, -0.25) is 14.4 Å². The zero-order valence-corrected chi connectivity index (χ0v) is 34.0. The molecule has 0 aliphatic heterocycles. The molecule has 0 N–H and O–H groups in total. The van der Waals surface area contributed by atoms with E-state index >= 15 is 0 Å². The van der Waals surface area contributed by atoms with Gasteiger partial charge in [-0.1, -0.05) is 195 Å². The topological polar surface area (TPSA) is 78.9 Å². The van der Waals surface area contributed by atoms with Crippen molar-refractivity contribution in [3.05, 3.63) is 0 Å². The van der Waals surface area contributed by atoms with Crippen LogP contribution in [0.4, 0.5) is 0 Å². The van der Waals surface area contributed by atoms with Gasteiger partial charge < -0.3 is 14.2 Å². The number of hydrogen-bond donors (Lipinski definition) is 0. The number of unbranched alkanes of at least 4 members (excludes halogenated alkanes) is 23. The molecule has 0 radical (unpaired) electrons. The van der Waals surface area contributed by atoms with Crippen molar-refractivity contribution in [3.63, 3.8) is 0 Å². The molecular weight excluding hydrogens is 624 g/mol. The third kappa shape index (κ3) is 37.7. The third-order valence-corrected chi connectivity index (χ3v) is 9.72. The van der Waals surface area contributed by atoms with Crippen molar-refractivity contribution >= 4 is 17.9 Å². The molecule has 296 valence electrons. The fourth-order valence-corrected chi connectivity index (χ4v) is 6.40. The first-order chi connectivity index (χ1) is 24.2. The van der Waals surface area contributed by atoms with E-state index in [0.717, 1.165) is 76.0 Å². The molecule has 50 heavy (non-hydrogen) atoms. The Balaban J connectivity index is 4.20. The molecule has 0 saturated heterocycles. The predicted molar refractivity (Wildman–Crippen MR) is 210 cm³/mol. The largest absolute Gasteiger partial charge is 0.462 e. The highest BCUT2D eigenvalue weighted by Crippen LogP contribution is 2.16. The summed E-state index contributed by atoms with van der Waals surface area (Å²) in [5, 5.41) is 0. The first-order valence-electron chi connectivity index (χ1n) is 21.7. The third-order valence-electron chi connectivity index (χ3n) is 9.72. The minimum atomic E-state index is -0.758. The average Bonchev–Trinajstić information content (AvgIpc) is 3.08. The van der Waals surface area contributed by atoms with E-state index in [2.05, 4.69) is 34.6 Å². The minimum absolute atomic E-state index is 0.0662. The van der Waals surface area contributed by atoms with Gasteiger partial charge in [0.15, 0.2) is 6.10 Å². The fraction of sp³-hybridized carbons (Fsp3) is 0.932. The van der Waals surface area contributed by atoms with Crippen LogP contribution < -0.4 is 0 Å². The maximum absolute atomic E-state index is 12.6. The lowest BCUT2D eigenvalue weighted by molar-refractivity contribution is -0.167. The number of ether oxygens (including phenoxy) is 3. The summed E-state index contributed by atoms with van der Waals surface area (Å²) in [6.07, 6.45) is 34.0. The van der Waals surface area contributed by atoms with E-state index in [1.807, 2.05) is 0 Å². The van der Waals surface area contributed by atoms with E-state index in [4.69, 9.17) is 14.2 Å². The predicted octanol–water partition coefficient (Wildman–Crippen LogP) is 13.4. The van der Waals surface area contributed by atoms with Crippen molar-refractivity contribution in [2.75, 3.05) is 13.2 Å². The summed E-state index contributed by atoms with van der Waals surface area (Å²) in [7, 11) is 0. The lowest BCUT2D eigenvalue weighted by Gasteiger charge is -2.18. The van der Waals surface area contributed by atoms with Gasteiger partial charge in [-0.15, -0.1) is 0 Å². The van der Waals surface area contributed by atoms with Gasteiger partial charge in [0.1, 0.15) is 13.2 Å². The van der Waals surface area contributed by atoms with Crippen LogP contribution in [0.15, 0.2) is 0 Å². The second-order valence-corrected chi connectivity index (χ2v) is 15.9. The maximum Gasteiger partial charge on any atom is 0.306 e. The highest BCUT2D eigenvalue weighted by Gasteiger charge is 2.19. The zero-order chi connectivity index (χ0) is 36.9. The summed E-state index contributed by atoms with van der Waals surface area (Å²) in [6, 6.07) is 0. The molecule has 6 nitrogen and oxygen atoms in total. The number of esters is 3. The Hall–Kier alpha value is -1.59. The van der Waals surface area contributed by atoms with Crippen molar-refractivity contribution in [2.24, 2.45) is 11.8 Å². The molecule has 1 atom stereocenters. The zero-order valence-electron chi connectivity index (χ0n) is 34.0. The van der Waals surface area contributed by atoms with E-state index < -0.39 is 6.10 Å². The van der Waals surface area contributed by atoms with E-state index in [0.29, 0.717) is 19.3 Å². The molecule has 0 saturated carbocycles. The van der Waals surface area contributed by atoms with E-state index in [1.165, 1.54) is 116 Å². The van der Waals surface area contributed by atoms with Gasteiger partial charge >= 0.3 is 17.9 Å². The smallest absolute Gasteiger partial charge is 0.306 e. The number of hydrogen-bond acceptors (Lipinski definition) is 6. The van der Waals surface area contributed by atoms with Crippen LogP contribution in [0.1, 0.15) is 234 Å². The lowest BCUT2D eigenvalue weighted by Crippen LogP contribution is -2.30. The average molecular weight is 709 g/mol. The Morgan fingerprint density at radius 1 is 0.380 bits per heavy atom. The van der Waals surface area contributed by atoms with Gasteiger partial charge in [-0.05, 0) is 31.1 Å². The highest BCUT2D eigenvalue weighted by atomic mass is 16.6. The number of carbonyl (C=O) groups excluding carboxylic acids is 3. The van der Waals surface area contributed by atoms with Crippen LogP contribution in [0.3, 0.4) is 0 Å². The summed E-state index contributed by atoms with van der Waals surface area (Å²) in [4.78, 5) is 37.4. The monoisotopic (exact) mass is 709 g/mol. The van der Waals surface area contributed by atoms with Crippen molar-refractivity contribution < 1.29 is 28.6 Å². The van der Waals surface area contributed by atoms with Crippen LogP contribution in [0, 0.1) is 11.8 Å². The van der Waals surface area contributed by atoms with Crippen molar-refractivity contribution in [1.29, 1.82) is 0 Å². The van der Waals surface area contributed by atoms with Gasteiger partial charge in [0.05, 0.1) is 0 Å². The molecule has 0 aromatic carbocycles. The van der Waals surface area contributed by atoms with Crippen LogP contribution >= 0.6 is 0 Å². The quantitative estimate of drug-likeness (QED) is 0.0361. The molecule has 0 rings (SSSR count). The minimum Gasteiger partial charge on any atom is -0.462 e. The van der Waals surface area contributed by atoms with Gasteiger partial charge in [-0.25, -0.2) is 0 Å². The molecule has 0 unspecified atom stereocenters. The highest BCUT2D eigenvalue weighted by molar-refractivity contribution is 5.71. The van der Waals surface area contributed by atoms with Gasteiger partial charge in [0, 0.05) is 19.3 Å². The second kappa shape index (κ2) is 37.2. The SMILES string of the molecule is CCCCCCCC(=O)OC[C@@H](COC(=O)CCCCCCCCCCCCCCC(C)C)OC(=O)CCCCCCCCCCCC(C)C. The first kappa shape index (κ1) is 48.4. The second-order valence-electron chi connectivity index (χ2n) is 15.9. The number of carbonyl (C=O) groups is 3. The van der Waals surface area contributed by atoms with Crippen LogP contribution in [-0.4, -0.2) is 37.2 Å². The van der Waals surface area contributed by atoms with Gasteiger partial charge in [0.25, 0.3) is 0 Å². The fourth-order valence-electron chi connectivity index (χ4n) is 6.40. The molecule has 0 heterocycles. The lowest BCUT2D eigenvalue weighted by atomic mass is 10.0. The summed E-state index contributed by atoms with van der Waals surface area (Å²) in [5.41, 5.74) is 0. The van der Waals surface area contributed by atoms with Gasteiger partial charge in [-0.2, -0.15) is 0 Å². The molecule has 0 bridgehead atoms. The Morgan fingerprint density at radius 3 is 0.980 bits per heavy atom. The van der Waals surface area contributed by atoms with Crippen molar-refractivity contribution in [2.45, 2.75) is 240 Å². The Morgan fingerprint density at radius 2 is 0.660 bits per heavy atom. The van der Waals surface area contributed by atoms with Crippen LogP contribution in [-0.2, 0) is 28.6 Å². The van der Waals surface area contributed by atoms with E-state index in [9.17, 15) is 14.4 Å². The molecular formula is C44H84O6. The van der Waals surface area contributed by atoms with E-state index in [-0.39, 0.29) is 31.1 Å². The van der Waals surface area contributed by atoms with E-state index in [1.54, 1.807) is 0 Å². The molecule has 0 fully saturated rings. The number of rotatable bonds is 38. The maximum atomic E-state index is 12.6. The van der Waals surface area contributed by atoms with Crippen molar-refractivity contribution in [1.82, 2.24) is 0 Å². The van der Waals surface area contributed by atoms with Crippen LogP contribution in [0.5, 0.6) is 0 Å². The van der Waals surface area contributed by atoms with Crippen LogP contribution in [0.2, 0.25) is 0 Å². The standard InChI is InChI=1S/C44H84O6/c1-6-7-8-22-29-34-42(45)48-37-41(50-44(47)36-31-26-21-17-13-15-19-24-28-33-40(4)5)38-49-43(46)35-30-25-20-16-12-10-9-11-14-18-23-27-32-39(2)3/h39-41H,6-38H2,1-5H3/t41-/m0/s1. The Kier molecular flexibility index (Phi) is 36.0. The molecule has 0 spiro atoms. The summed E-state index contributed by atoms with van der Waals surface area (Å²) in [6.45, 7) is 11.2. The molecule has 0 aliphatic carbocycles. The Labute approximate surface area is 310 Å². The van der Waals surface area contributed by atoms with Crippen LogP contribution in [0.25, 0.3) is 0 Å². The Bertz CT molecular complexity index is 764. The molecule has 0 aromatic rings. The molecule has 0 aliphatic rings. The van der Waals surface area contributed by atoms with Crippen molar-refractivity contribution in [3.8, 4) is 0 Å². The molecule has 6 heteroatoms. The molecule has 0 aromatic heterocycles. The van der Waals surface area contributed by atoms with Gasteiger partial charge in [0.2, 0.25) is 0 Å². The summed E-state index contributed by atoms with van der Waals surface area (Å²) < 4.78 is 16.6. The first-order valence-corrected chi connectivity index (χ1v) is 21.7.